The lowest BCUT2D eigenvalue weighted by Crippen LogP contribution is -2.20. The van der Waals surface area contributed by atoms with E-state index in [-0.39, 0.29) is 11.5 Å². The van der Waals surface area contributed by atoms with Gasteiger partial charge in [-0.15, -0.1) is 0 Å². The molecule has 0 amide bonds. The maximum atomic E-state index is 13.3. The number of benzene rings is 1. The summed E-state index contributed by atoms with van der Waals surface area (Å²) < 4.78 is 51.4. The van der Waals surface area contributed by atoms with Crippen molar-refractivity contribution in [3.05, 3.63) is 35.1 Å². The van der Waals surface area contributed by atoms with Crippen molar-refractivity contribution >= 4 is 0 Å². The fourth-order valence-corrected chi connectivity index (χ4v) is 1.78. The lowest BCUT2D eigenvalue weighted by molar-refractivity contribution is -0.140. The standard InChI is InChI=1S/C12H15F4N/c1-7(2)6-10(17)8-4-3-5-9(13)11(8)12(14,15)16/h3-5,7,10H,6,17H2,1-2H3/t10-/m0/s1. The van der Waals surface area contributed by atoms with E-state index in [0.717, 1.165) is 6.07 Å². The maximum absolute atomic E-state index is 13.3. The van der Waals surface area contributed by atoms with E-state index in [2.05, 4.69) is 0 Å². The van der Waals surface area contributed by atoms with Crippen LogP contribution >= 0.6 is 0 Å². The van der Waals surface area contributed by atoms with Crippen LogP contribution in [-0.4, -0.2) is 0 Å². The molecule has 1 rings (SSSR count). The summed E-state index contributed by atoms with van der Waals surface area (Å²) in [4.78, 5) is 0. The topological polar surface area (TPSA) is 26.0 Å². The fraction of sp³-hybridized carbons (Fsp3) is 0.500. The number of halogens is 4. The van der Waals surface area contributed by atoms with E-state index in [1.807, 2.05) is 13.8 Å². The lowest BCUT2D eigenvalue weighted by Gasteiger charge is -2.20. The van der Waals surface area contributed by atoms with E-state index in [1.54, 1.807) is 0 Å². The van der Waals surface area contributed by atoms with Gasteiger partial charge in [0.05, 0.1) is 5.56 Å². The number of hydrogen-bond acceptors (Lipinski definition) is 1. The Kier molecular flexibility index (Phi) is 4.14. The van der Waals surface area contributed by atoms with E-state index in [1.165, 1.54) is 12.1 Å². The second kappa shape index (κ2) is 5.04. The second-order valence-electron chi connectivity index (χ2n) is 4.44. The summed E-state index contributed by atoms with van der Waals surface area (Å²) in [5.41, 5.74) is 4.28. The van der Waals surface area contributed by atoms with Gasteiger partial charge >= 0.3 is 6.18 Å². The summed E-state index contributed by atoms with van der Waals surface area (Å²) >= 11 is 0. The van der Waals surface area contributed by atoms with Crippen molar-refractivity contribution in [2.45, 2.75) is 32.5 Å². The van der Waals surface area contributed by atoms with Crippen LogP contribution in [-0.2, 0) is 6.18 Å². The van der Waals surface area contributed by atoms with Crippen LogP contribution in [0.25, 0.3) is 0 Å². The predicted octanol–water partition coefficient (Wildman–Crippen LogP) is 3.89. The molecule has 1 aromatic carbocycles. The molecule has 0 spiro atoms. The lowest BCUT2D eigenvalue weighted by atomic mass is 9.93. The highest BCUT2D eigenvalue weighted by Crippen LogP contribution is 2.37. The van der Waals surface area contributed by atoms with Crippen LogP contribution in [0.1, 0.15) is 37.4 Å². The number of rotatable bonds is 3. The highest BCUT2D eigenvalue weighted by Gasteiger charge is 2.37. The molecule has 0 aromatic heterocycles. The van der Waals surface area contributed by atoms with Gasteiger partial charge in [0.2, 0.25) is 0 Å². The third-order valence-electron chi connectivity index (χ3n) is 2.45. The number of alkyl halides is 3. The van der Waals surface area contributed by atoms with E-state index in [4.69, 9.17) is 5.73 Å². The van der Waals surface area contributed by atoms with E-state index < -0.39 is 23.6 Å². The monoisotopic (exact) mass is 249 g/mol. The van der Waals surface area contributed by atoms with Crippen LogP contribution < -0.4 is 5.73 Å². The Bertz CT molecular complexity index is 385. The summed E-state index contributed by atoms with van der Waals surface area (Å²) in [7, 11) is 0. The van der Waals surface area contributed by atoms with Crippen LogP contribution in [0.3, 0.4) is 0 Å². The Morgan fingerprint density at radius 2 is 1.82 bits per heavy atom. The van der Waals surface area contributed by atoms with Crippen LogP contribution in [0.4, 0.5) is 17.6 Å². The highest BCUT2D eigenvalue weighted by molar-refractivity contribution is 5.33. The Hall–Kier alpha value is -1.10. The molecule has 0 fully saturated rings. The van der Waals surface area contributed by atoms with Gasteiger partial charge in [0.25, 0.3) is 0 Å². The molecule has 0 radical (unpaired) electrons. The molecule has 1 nitrogen and oxygen atoms in total. The average molecular weight is 249 g/mol. The molecule has 0 heterocycles. The van der Waals surface area contributed by atoms with Crippen LogP contribution in [0.2, 0.25) is 0 Å². The van der Waals surface area contributed by atoms with Crippen LogP contribution in [0.15, 0.2) is 18.2 Å². The first kappa shape index (κ1) is 14.0. The largest absolute Gasteiger partial charge is 0.419 e. The van der Waals surface area contributed by atoms with Crippen LogP contribution in [0, 0.1) is 11.7 Å². The Balaban J connectivity index is 3.20. The van der Waals surface area contributed by atoms with Crippen molar-refractivity contribution in [3.63, 3.8) is 0 Å². The van der Waals surface area contributed by atoms with Gasteiger partial charge in [-0.25, -0.2) is 4.39 Å². The SMILES string of the molecule is CC(C)C[C@H](N)c1cccc(F)c1C(F)(F)F. The van der Waals surface area contributed by atoms with E-state index >= 15 is 0 Å². The van der Waals surface area contributed by atoms with Gasteiger partial charge in [-0.2, -0.15) is 13.2 Å². The second-order valence-corrected chi connectivity index (χ2v) is 4.44. The minimum absolute atomic E-state index is 0.148. The molecule has 0 saturated heterocycles. The molecule has 1 aromatic rings. The minimum Gasteiger partial charge on any atom is -0.324 e. The molecule has 0 aliphatic carbocycles. The molecule has 0 aliphatic rings. The number of nitrogens with two attached hydrogens (primary N) is 1. The van der Waals surface area contributed by atoms with Gasteiger partial charge in [-0.1, -0.05) is 26.0 Å². The normalized spacial score (nSPS) is 14.1. The fourth-order valence-electron chi connectivity index (χ4n) is 1.78. The molecule has 17 heavy (non-hydrogen) atoms. The summed E-state index contributed by atoms with van der Waals surface area (Å²) in [6.45, 7) is 3.71. The third kappa shape index (κ3) is 3.43. The molecule has 2 N–H and O–H groups in total. The zero-order valence-corrected chi connectivity index (χ0v) is 9.68. The van der Waals surface area contributed by atoms with Crippen molar-refractivity contribution < 1.29 is 17.6 Å². The number of hydrogen-bond donors (Lipinski definition) is 1. The summed E-state index contributed by atoms with van der Waals surface area (Å²) in [6.07, 6.45) is -4.33. The average Bonchev–Trinajstić information content (AvgIpc) is 2.14. The summed E-state index contributed by atoms with van der Waals surface area (Å²) in [6, 6.07) is 2.48. The van der Waals surface area contributed by atoms with Crippen molar-refractivity contribution in [1.82, 2.24) is 0 Å². The van der Waals surface area contributed by atoms with E-state index in [9.17, 15) is 17.6 Å². The van der Waals surface area contributed by atoms with E-state index in [0.29, 0.717) is 6.42 Å². The van der Waals surface area contributed by atoms with Gasteiger partial charge in [-0.3, -0.25) is 0 Å². The molecule has 0 aliphatic heterocycles. The van der Waals surface area contributed by atoms with Crippen molar-refractivity contribution in [2.24, 2.45) is 11.7 Å². The first-order chi connectivity index (χ1) is 7.73. The zero-order chi connectivity index (χ0) is 13.2. The van der Waals surface area contributed by atoms with Crippen molar-refractivity contribution in [3.8, 4) is 0 Å². The molecule has 1 atom stereocenters. The van der Waals surface area contributed by atoms with Gasteiger partial charge < -0.3 is 5.73 Å². The molecule has 0 unspecified atom stereocenters. The highest BCUT2D eigenvalue weighted by atomic mass is 19.4. The summed E-state index contributed by atoms with van der Waals surface area (Å²) in [5.74, 6) is -1.12. The quantitative estimate of drug-likeness (QED) is 0.808. The Labute approximate surface area is 97.6 Å². The smallest absolute Gasteiger partial charge is 0.324 e. The van der Waals surface area contributed by atoms with Crippen molar-refractivity contribution in [2.75, 3.05) is 0 Å². The first-order valence-corrected chi connectivity index (χ1v) is 5.34. The predicted molar refractivity (Wildman–Crippen MR) is 57.8 cm³/mol. The third-order valence-corrected chi connectivity index (χ3v) is 2.45. The maximum Gasteiger partial charge on any atom is 0.419 e. The minimum atomic E-state index is -4.71. The summed E-state index contributed by atoms with van der Waals surface area (Å²) in [5, 5.41) is 0. The van der Waals surface area contributed by atoms with Gasteiger partial charge in [0, 0.05) is 6.04 Å². The molecule has 0 saturated carbocycles. The van der Waals surface area contributed by atoms with Gasteiger partial charge in [0.1, 0.15) is 5.82 Å². The Morgan fingerprint density at radius 3 is 2.29 bits per heavy atom. The Morgan fingerprint density at radius 1 is 1.24 bits per heavy atom. The molecule has 5 heteroatoms. The van der Waals surface area contributed by atoms with Gasteiger partial charge in [0.15, 0.2) is 0 Å². The molecular weight excluding hydrogens is 234 g/mol. The molecular formula is C12H15F4N. The molecule has 96 valence electrons. The zero-order valence-electron chi connectivity index (χ0n) is 9.68. The molecule has 0 bridgehead atoms. The van der Waals surface area contributed by atoms with Gasteiger partial charge in [-0.05, 0) is 24.0 Å². The van der Waals surface area contributed by atoms with Crippen molar-refractivity contribution in [1.29, 1.82) is 0 Å². The van der Waals surface area contributed by atoms with Crippen LogP contribution in [0.5, 0.6) is 0 Å². The first-order valence-electron chi connectivity index (χ1n) is 5.34.